The molecule has 0 saturated carbocycles. The summed E-state index contributed by atoms with van der Waals surface area (Å²) in [6, 6.07) is 22.7. The lowest BCUT2D eigenvalue weighted by Gasteiger charge is -2.37. The SMILES string of the molecule is Cc1ccccc1CN(C(=O)Cn1nnc2ccccc21)[C@@H](C(=O)Nc1ccc(N(C)C)cc1)[C@@H]1CC=CCC1. The first kappa shape index (κ1) is 27.1. The highest BCUT2D eigenvalue weighted by Gasteiger charge is 2.37. The molecule has 5 rings (SSSR count). The van der Waals surface area contributed by atoms with Crippen LogP contribution in [-0.4, -0.2) is 51.8 Å². The summed E-state index contributed by atoms with van der Waals surface area (Å²) in [5.41, 5.74) is 5.36. The predicted octanol–water partition coefficient (Wildman–Crippen LogP) is 5.20. The number of rotatable bonds is 9. The molecule has 1 aliphatic carbocycles. The number of nitrogens with one attached hydrogen (secondary N) is 1. The van der Waals surface area contributed by atoms with Crippen LogP contribution in [0.2, 0.25) is 0 Å². The van der Waals surface area contributed by atoms with Gasteiger partial charge in [-0.25, -0.2) is 4.68 Å². The number of hydrogen-bond acceptors (Lipinski definition) is 5. The second-order valence-electron chi connectivity index (χ2n) is 10.6. The number of nitrogens with zero attached hydrogens (tertiary/aromatic N) is 5. The normalized spacial score (nSPS) is 15.5. The molecule has 0 aliphatic heterocycles. The second kappa shape index (κ2) is 12.2. The van der Waals surface area contributed by atoms with Gasteiger partial charge in [-0.1, -0.05) is 53.8 Å². The number of para-hydroxylation sites is 1. The highest BCUT2D eigenvalue weighted by molar-refractivity contribution is 5.97. The van der Waals surface area contributed by atoms with Crippen molar-refractivity contribution in [2.75, 3.05) is 24.3 Å². The molecule has 2 amide bonds. The van der Waals surface area contributed by atoms with Crippen molar-refractivity contribution in [3.8, 4) is 0 Å². The molecule has 8 heteroatoms. The zero-order valence-electron chi connectivity index (χ0n) is 23.3. The average Bonchev–Trinajstić information content (AvgIpc) is 3.37. The maximum Gasteiger partial charge on any atom is 0.247 e. The average molecular weight is 537 g/mol. The molecule has 0 radical (unpaired) electrons. The van der Waals surface area contributed by atoms with E-state index in [1.54, 1.807) is 9.58 Å². The first-order chi connectivity index (χ1) is 19.4. The quantitative estimate of drug-likeness (QED) is 0.298. The van der Waals surface area contributed by atoms with E-state index >= 15 is 0 Å². The van der Waals surface area contributed by atoms with Crippen LogP contribution in [0, 0.1) is 12.8 Å². The van der Waals surface area contributed by atoms with E-state index in [9.17, 15) is 9.59 Å². The van der Waals surface area contributed by atoms with Crippen LogP contribution < -0.4 is 10.2 Å². The van der Waals surface area contributed by atoms with Crippen LogP contribution in [0.25, 0.3) is 11.0 Å². The molecule has 0 spiro atoms. The van der Waals surface area contributed by atoms with E-state index in [0.29, 0.717) is 12.2 Å². The molecule has 1 aromatic heterocycles. The van der Waals surface area contributed by atoms with Gasteiger partial charge in [-0.05, 0) is 79.6 Å². The molecule has 8 nitrogen and oxygen atoms in total. The van der Waals surface area contributed by atoms with E-state index in [4.69, 9.17) is 0 Å². The van der Waals surface area contributed by atoms with E-state index in [1.165, 1.54) is 0 Å². The van der Waals surface area contributed by atoms with Gasteiger partial charge in [0.1, 0.15) is 18.1 Å². The van der Waals surface area contributed by atoms with Crippen molar-refractivity contribution in [1.82, 2.24) is 19.9 Å². The summed E-state index contributed by atoms with van der Waals surface area (Å²) < 4.78 is 1.62. The molecule has 0 fully saturated rings. The minimum absolute atomic E-state index is 0.00370. The number of benzene rings is 3. The molecule has 0 unspecified atom stereocenters. The van der Waals surface area contributed by atoms with E-state index in [-0.39, 0.29) is 24.3 Å². The summed E-state index contributed by atoms with van der Waals surface area (Å²) in [5, 5.41) is 11.6. The van der Waals surface area contributed by atoms with Gasteiger partial charge in [-0.15, -0.1) is 5.10 Å². The number of carbonyl (C=O) groups is 2. The van der Waals surface area contributed by atoms with Crippen molar-refractivity contribution < 1.29 is 9.59 Å². The van der Waals surface area contributed by atoms with Gasteiger partial charge in [0.2, 0.25) is 11.8 Å². The Balaban J connectivity index is 1.50. The van der Waals surface area contributed by atoms with Gasteiger partial charge in [0.05, 0.1) is 5.52 Å². The lowest BCUT2D eigenvalue weighted by molar-refractivity contribution is -0.142. The largest absolute Gasteiger partial charge is 0.378 e. The van der Waals surface area contributed by atoms with Gasteiger partial charge in [0, 0.05) is 32.0 Å². The van der Waals surface area contributed by atoms with Crippen LogP contribution in [0.5, 0.6) is 0 Å². The van der Waals surface area contributed by atoms with Crippen LogP contribution >= 0.6 is 0 Å². The summed E-state index contributed by atoms with van der Waals surface area (Å²) in [5.74, 6) is -0.355. The Morgan fingerprint density at radius 1 is 1.00 bits per heavy atom. The summed E-state index contributed by atoms with van der Waals surface area (Å²) in [6.07, 6.45) is 6.73. The molecule has 4 aromatic rings. The Morgan fingerprint density at radius 3 is 2.48 bits per heavy atom. The maximum absolute atomic E-state index is 14.2. The zero-order valence-corrected chi connectivity index (χ0v) is 23.3. The van der Waals surface area contributed by atoms with Gasteiger partial charge in [0.15, 0.2) is 0 Å². The van der Waals surface area contributed by atoms with Crippen LogP contribution in [0.3, 0.4) is 0 Å². The van der Waals surface area contributed by atoms with Gasteiger partial charge in [-0.3, -0.25) is 9.59 Å². The number of allylic oxidation sites excluding steroid dienone is 2. The fourth-order valence-corrected chi connectivity index (χ4v) is 5.34. The minimum Gasteiger partial charge on any atom is -0.378 e. The molecule has 0 bridgehead atoms. The van der Waals surface area contributed by atoms with Crippen molar-refractivity contribution in [2.24, 2.45) is 5.92 Å². The fourth-order valence-electron chi connectivity index (χ4n) is 5.34. The van der Waals surface area contributed by atoms with Crippen molar-refractivity contribution in [1.29, 1.82) is 0 Å². The second-order valence-corrected chi connectivity index (χ2v) is 10.6. The van der Waals surface area contributed by atoms with E-state index in [2.05, 4.69) is 27.8 Å². The molecule has 1 aliphatic rings. The Kier molecular flexibility index (Phi) is 8.24. The van der Waals surface area contributed by atoms with Crippen LogP contribution in [0.1, 0.15) is 30.4 Å². The molecule has 1 N–H and O–H groups in total. The first-order valence-electron chi connectivity index (χ1n) is 13.8. The standard InChI is InChI=1S/C32H36N6O2/c1-23-11-7-8-14-25(23)21-37(30(39)22-38-29-16-10-9-15-28(29)34-35-38)31(24-12-5-4-6-13-24)32(40)33-26-17-19-27(20-18-26)36(2)3/h4-5,7-11,14-20,24,31H,6,12-13,21-22H2,1-3H3,(H,33,40)/t24-,31-/m1/s1. The summed E-state index contributed by atoms with van der Waals surface area (Å²) >= 11 is 0. The number of amides is 2. The predicted molar refractivity (Wildman–Crippen MR) is 159 cm³/mol. The third-order valence-corrected chi connectivity index (χ3v) is 7.64. The Labute approximate surface area is 235 Å². The summed E-state index contributed by atoms with van der Waals surface area (Å²) in [7, 11) is 3.96. The molecular weight excluding hydrogens is 500 g/mol. The number of aromatic nitrogens is 3. The molecular formula is C32H36N6O2. The maximum atomic E-state index is 14.2. The van der Waals surface area contributed by atoms with Crippen LogP contribution in [0.15, 0.2) is 84.9 Å². The number of aryl methyl sites for hydroxylation is 1. The monoisotopic (exact) mass is 536 g/mol. The third kappa shape index (κ3) is 6.06. The molecule has 3 aromatic carbocycles. The van der Waals surface area contributed by atoms with Gasteiger partial charge < -0.3 is 15.1 Å². The van der Waals surface area contributed by atoms with Crippen molar-refractivity contribution in [2.45, 2.75) is 45.3 Å². The first-order valence-corrected chi connectivity index (χ1v) is 13.8. The van der Waals surface area contributed by atoms with Gasteiger partial charge in [-0.2, -0.15) is 0 Å². The minimum atomic E-state index is -0.652. The van der Waals surface area contributed by atoms with E-state index in [1.807, 2.05) is 98.7 Å². The molecule has 2 atom stereocenters. The smallest absolute Gasteiger partial charge is 0.247 e. The van der Waals surface area contributed by atoms with Crippen LogP contribution in [0.4, 0.5) is 11.4 Å². The molecule has 1 heterocycles. The summed E-state index contributed by atoms with van der Waals surface area (Å²) in [4.78, 5) is 32.0. The number of anilines is 2. The van der Waals surface area contributed by atoms with Gasteiger partial charge in [0.25, 0.3) is 0 Å². The number of carbonyl (C=O) groups excluding carboxylic acids is 2. The highest BCUT2D eigenvalue weighted by Crippen LogP contribution is 2.29. The van der Waals surface area contributed by atoms with E-state index < -0.39 is 6.04 Å². The Morgan fingerprint density at radius 2 is 1.75 bits per heavy atom. The van der Waals surface area contributed by atoms with E-state index in [0.717, 1.165) is 47.1 Å². The fraction of sp³-hybridized carbons (Fsp3) is 0.312. The highest BCUT2D eigenvalue weighted by atomic mass is 16.2. The molecule has 0 saturated heterocycles. The van der Waals surface area contributed by atoms with Crippen LogP contribution in [-0.2, 0) is 22.7 Å². The van der Waals surface area contributed by atoms with Crippen molar-refractivity contribution in [3.05, 3.63) is 96.1 Å². The van der Waals surface area contributed by atoms with Crippen molar-refractivity contribution >= 4 is 34.2 Å². The van der Waals surface area contributed by atoms with Crippen molar-refractivity contribution in [3.63, 3.8) is 0 Å². The van der Waals surface area contributed by atoms with Gasteiger partial charge >= 0.3 is 0 Å². The number of hydrogen-bond donors (Lipinski definition) is 1. The third-order valence-electron chi connectivity index (χ3n) is 7.64. The Bertz CT molecular complexity index is 1510. The topological polar surface area (TPSA) is 83.4 Å². The Hall–Kier alpha value is -4.46. The number of fused-ring (bicyclic) bond motifs is 1. The summed E-state index contributed by atoms with van der Waals surface area (Å²) in [6.45, 7) is 2.36. The lowest BCUT2D eigenvalue weighted by atomic mass is 9.85. The zero-order chi connectivity index (χ0) is 28.1. The lowest BCUT2D eigenvalue weighted by Crippen LogP contribution is -2.52. The molecule has 206 valence electrons. The molecule has 40 heavy (non-hydrogen) atoms.